The summed E-state index contributed by atoms with van der Waals surface area (Å²) in [4.78, 5) is 45.5. The second kappa shape index (κ2) is 5.80. The van der Waals surface area contributed by atoms with Crippen LogP contribution in [0.3, 0.4) is 0 Å². The van der Waals surface area contributed by atoms with Crippen molar-refractivity contribution in [1.29, 1.82) is 0 Å². The average Bonchev–Trinajstić information content (AvgIpc) is 2.74. The van der Waals surface area contributed by atoms with Crippen molar-refractivity contribution in [2.75, 3.05) is 0 Å². The molecule has 0 saturated heterocycles. The first-order valence-electron chi connectivity index (χ1n) is 6.32. The monoisotopic (exact) mass is 308 g/mol. The van der Waals surface area contributed by atoms with Crippen LogP contribution in [0.5, 0.6) is 0 Å². The van der Waals surface area contributed by atoms with Crippen molar-refractivity contribution >= 4 is 23.5 Å². The van der Waals surface area contributed by atoms with Crippen LogP contribution in [-0.4, -0.2) is 43.9 Å². The topological polar surface area (TPSA) is 138 Å². The number of nitro benzene ring substituents is 1. The van der Waals surface area contributed by atoms with Crippen molar-refractivity contribution in [2.45, 2.75) is 25.4 Å². The lowest BCUT2D eigenvalue weighted by Crippen LogP contribution is -2.38. The van der Waals surface area contributed by atoms with Gasteiger partial charge < -0.3 is 15.1 Å². The molecule has 0 saturated carbocycles. The second-order valence-corrected chi connectivity index (χ2v) is 4.85. The highest BCUT2D eigenvalue weighted by Gasteiger charge is 2.39. The normalized spacial score (nSPS) is 13.3. The molecule has 1 heterocycles. The number of hydrogen-bond donors (Lipinski definition) is 2. The number of amides is 1. The molecule has 0 spiro atoms. The second-order valence-electron chi connectivity index (χ2n) is 4.85. The van der Waals surface area contributed by atoms with Gasteiger partial charge in [-0.3, -0.25) is 24.5 Å². The average molecular weight is 308 g/mol. The fraction of sp³-hybridized carbons (Fsp3) is 0.308. The SMILES string of the molecule is O=C(O)CC(CC(=O)O)N1Cc2cccc([N+](=O)[O-])c2C1=O. The maximum absolute atomic E-state index is 12.4. The summed E-state index contributed by atoms with van der Waals surface area (Å²) < 4.78 is 0. The predicted molar refractivity (Wildman–Crippen MR) is 71.3 cm³/mol. The molecule has 0 unspecified atom stereocenters. The van der Waals surface area contributed by atoms with Crippen LogP contribution in [0.15, 0.2) is 18.2 Å². The smallest absolute Gasteiger partial charge is 0.305 e. The number of benzene rings is 1. The summed E-state index contributed by atoms with van der Waals surface area (Å²) in [7, 11) is 0. The van der Waals surface area contributed by atoms with Crippen molar-refractivity contribution in [1.82, 2.24) is 4.90 Å². The van der Waals surface area contributed by atoms with Crippen LogP contribution in [0.1, 0.15) is 28.8 Å². The predicted octanol–water partition coefficient (Wildman–Crippen LogP) is 0.869. The Kier molecular flexibility index (Phi) is 4.06. The van der Waals surface area contributed by atoms with E-state index in [1.54, 1.807) is 0 Å². The van der Waals surface area contributed by atoms with Crippen molar-refractivity contribution in [2.24, 2.45) is 0 Å². The molecule has 1 aliphatic rings. The lowest BCUT2D eigenvalue weighted by atomic mass is 10.1. The van der Waals surface area contributed by atoms with Crippen LogP contribution in [0.4, 0.5) is 5.69 Å². The Hall–Kier alpha value is -2.97. The number of hydrogen-bond acceptors (Lipinski definition) is 5. The summed E-state index contributed by atoms with van der Waals surface area (Å²) >= 11 is 0. The highest BCUT2D eigenvalue weighted by Crippen LogP contribution is 2.32. The Morgan fingerprint density at radius 2 is 1.86 bits per heavy atom. The number of carboxylic acids is 2. The molecule has 9 heteroatoms. The fourth-order valence-corrected chi connectivity index (χ4v) is 2.51. The number of aliphatic carboxylic acids is 2. The van der Waals surface area contributed by atoms with Gasteiger partial charge in [-0.25, -0.2) is 0 Å². The molecule has 0 aromatic heterocycles. The molecule has 2 N–H and O–H groups in total. The van der Waals surface area contributed by atoms with Crippen LogP contribution < -0.4 is 0 Å². The quantitative estimate of drug-likeness (QED) is 0.587. The molecule has 1 amide bonds. The molecule has 2 rings (SSSR count). The van der Waals surface area contributed by atoms with Gasteiger partial charge in [0.25, 0.3) is 11.6 Å². The Morgan fingerprint density at radius 1 is 1.27 bits per heavy atom. The lowest BCUT2D eigenvalue weighted by Gasteiger charge is -2.25. The number of carboxylic acid groups (broad SMARTS) is 2. The van der Waals surface area contributed by atoms with Crippen molar-refractivity contribution in [3.8, 4) is 0 Å². The van der Waals surface area contributed by atoms with Gasteiger partial charge >= 0.3 is 11.9 Å². The van der Waals surface area contributed by atoms with Gasteiger partial charge in [0.2, 0.25) is 0 Å². The van der Waals surface area contributed by atoms with Gasteiger partial charge in [0, 0.05) is 12.6 Å². The van der Waals surface area contributed by atoms with Gasteiger partial charge in [-0.15, -0.1) is 0 Å². The number of rotatable bonds is 6. The van der Waals surface area contributed by atoms with E-state index < -0.39 is 41.7 Å². The van der Waals surface area contributed by atoms with Gasteiger partial charge in [-0.05, 0) is 5.56 Å². The molecule has 9 nitrogen and oxygen atoms in total. The number of carbonyl (C=O) groups excluding carboxylic acids is 1. The van der Waals surface area contributed by atoms with Gasteiger partial charge in [-0.2, -0.15) is 0 Å². The van der Waals surface area contributed by atoms with Crippen LogP contribution in [0.25, 0.3) is 0 Å². The third kappa shape index (κ3) is 2.87. The molecule has 1 aliphatic heterocycles. The zero-order valence-corrected chi connectivity index (χ0v) is 11.3. The summed E-state index contributed by atoms with van der Waals surface area (Å²) in [5.41, 5.74) is -0.0809. The molecular weight excluding hydrogens is 296 g/mol. The summed E-state index contributed by atoms with van der Waals surface area (Å²) in [5.74, 6) is -3.20. The van der Waals surface area contributed by atoms with Crippen LogP contribution >= 0.6 is 0 Å². The van der Waals surface area contributed by atoms with E-state index in [0.717, 1.165) is 4.90 Å². The molecule has 0 atom stereocenters. The molecule has 0 fully saturated rings. The molecule has 1 aromatic carbocycles. The molecule has 0 radical (unpaired) electrons. The first kappa shape index (κ1) is 15.4. The molecular formula is C13H12N2O7. The summed E-state index contributed by atoms with van der Waals surface area (Å²) in [6.07, 6.45) is -1.08. The number of nitrogens with zero attached hydrogens (tertiary/aromatic N) is 2. The van der Waals surface area contributed by atoms with Crippen LogP contribution in [0.2, 0.25) is 0 Å². The highest BCUT2D eigenvalue weighted by molar-refractivity contribution is 6.02. The maximum atomic E-state index is 12.4. The van der Waals surface area contributed by atoms with Crippen LogP contribution in [-0.2, 0) is 16.1 Å². The Bertz CT molecular complexity index is 654. The molecule has 1 aromatic rings. The number of nitro groups is 1. The van der Waals surface area contributed by atoms with E-state index in [2.05, 4.69) is 0 Å². The van der Waals surface area contributed by atoms with E-state index in [4.69, 9.17) is 10.2 Å². The minimum Gasteiger partial charge on any atom is -0.481 e. The van der Waals surface area contributed by atoms with Gasteiger partial charge in [0.15, 0.2) is 0 Å². The number of carbonyl (C=O) groups is 3. The van der Waals surface area contributed by atoms with Gasteiger partial charge in [0.05, 0.1) is 23.8 Å². The summed E-state index contributed by atoms with van der Waals surface area (Å²) in [6, 6.07) is 3.08. The number of fused-ring (bicyclic) bond motifs is 1. The van der Waals surface area contributed by atoms with Gasteiger partial charge in [-0.1, -0.05) is 12.1 Å². The Labute approximate surface area is 123 Å². The minimum absolute atomic E-state index is 0.0406. The molecule has 0 bridgehead atoms. The van der Waals surface area contributed by atoms with E-state index in [9.17, 15) is 24.5 Å². The molecule has 22 heavy (non-hydrogen) atoms. The van der Waals surface area contributed by atoms with Crippen LogP contribution in [0, 0.1) is 10.1 Å². The first-order valence-corrected chi connectivity index (χ1v) is 6.32. The Morgan fingerprint density at radius 3 is 2.36 bits per heavy atom. The van der Waals surface area contributed by atoms with E-state index in [0.29, 0.717) is 5.56 Å². The minimum atomic E-state index is -1.25. The molecule has 116 valence electrons. The third-order valence-electron chi connectivity index (χ3n) is 3.40. The summed E-state index contributed by atoms with van der Waals surface area (Å²) in [6.45, 7) is -0.0406. The van der Waals surface area contributed by atoms with Gasteiger partial charge in [0.1, 0.15) is 5.56 Å². The molecule has 0 aliphatic carbocycles. The zero-order valence-electron chi connectivity index (χ0n) is 11.3. The van der Waals surface area contributed by atoms with Crippen molar-refractivity contribution < 1.29 is 29.5 Å². The van der Waals surface area contributed by atoms with E-state index in [1.807, 2.05) is 0 Å². The van der Waals surface area contributed by atoms with Crippen molar-refractivity contribution in [3.63, 3.8) is 0 Å². The van der Waals surface area contributed by atoms with E-state index in [-0.39, 0.29) is 17.8 Å². The first-order chi connectivity index (χ1) is 10.3. The van der Waals surface area contributed by atoms with Crippen molar-refractivity contribution in [3.05, 3.63) is 39.4 Å². The standard InChI is InChI=1S/C13H12N2O7/c16-10(17)4-8(5-11(18)19)14-6-7-2-1-3-9(15(21)22)12(7)13(14)20/h1-3,8H,4-6H2,(H,16,17)(H,18,19). The third-order valence-corrected chi connectivity index (χ3v) is 3.40. The lowest BCUT2D eigenvalue weighted by molar-refractivity contribution is -0.385. The largest absolute Gasteiger partial charge is 0.481 e. The summed E-state index contributed by atoms with van der Waals surface area (Å²) in [5, 5.41) is 28.7. The maximum Gasteiger partial charge on any atom is 0.305 e. The fourth-order valence-electron chi connectivity index (χ4n) is 2.51. The van der Waals surface area contributed by atoms with E-state index >= 15 is 0 Å². The zero-order chi connectivity index (χ0) is 16.4. The Balaban J connectivity index is 2.37. The highest BCUT2D eigenvalue weighted by atomic mass is 16.6. The van der Waals surface area contributed by atoms with E-state index in [1.165, 1.54) is 18.2 Å².